The topological polar surface area (TPSA) is 94.6 Å². The predicted molar refractivity (Wildman–Crippen MR) is 65.3 cm³/mol. The Morgan fingerprint density at radius 2 is 2.00 bits per heavy atom. The summed E-state index contributed by atoms with van der Waals surface area (Å²) in [5.41, 5.74) is -0.0311. The number of nitrogens with one attached hydrogen (secondary N) is 2. The Morgan fingerprint density at radius 3 is 2.61 bits per heavy atom. The molecule has 1 heterocycles. The van der Waals surface area contributed by atoms with E-state index in [1.165, 1.54) is 23.2 Å². The minimum absolute atomic E-state index is 0.0311. The number of urea groups is 1. The number of aromatic hydroxyl groups is 1. The summed E-state index contributed by atoms with van der Waals surface area (Å²) in [7, 11) is 3.25. The normalized spacial score (nSPS) is 9.67. The minimum atomic E-state index is -0.479. The van der Waals surface area contributed by atoms with E-state index in [1.807, 2.05) is 0 Å². The van der Waals surface area contributed by atoms with Gasteiger partial charge in [-0.1, -0.05) is 0 Å². The number of carbonyl (C=O) groups excluding carboxylic acids is 2. The highest BCUT2D eigenvalue weighted by Crippen LogP contribution is 2.11. The van der Waals surface area contributed by atoms with E-state index in [0.717, 1.165) is 0 Å². The third-order valence-electron chi connectivity index (χ3n) is 2.09. The van der Waals surface area contributed by atoms with Crippen molar-refractivity contribution in [2.24, 2.45) is 0 Å². The number of carbonyl (C=O) groups is 2. The highest BCUT2D eigenvalue weighted by atomic mass is 16.3. The Kier molecular flexibility index (Phi) is 4.91. The summed E-state index contributed by atoms with van der Waals surface area (Å²) in [4.78, 5) is 27.9. The van der Waals surface area contributed by atoms with Crippen molar-refractivity contribution in [1.82, 2.24) is 20.5 Å². The molecule has 0 radical (unpaired) electrons. The van der Waals surface area contributed by atoms with Crippen LogP contribution in [-0.2, 0) is 0 Å². The van der Waals surface area contributed by atoms with Gasteiger partial charge in [-0.15, -0.1) is 0 Å². The molecule has 0 unspecified atom stereocenters. The molecule has 0 spiro atoms. The first-order valence-corrected chi connectivity index (χ1v) is 5.39. The quantitative estimate of drug-likeness (QED) is 0.646. The van der Waals surface area contributed by atoms with Crippen LogP contribution in [0.3, 0.4) is 0 Å². The van der Waals surface area contributed by atoms with Crippen LogP contribution < -0.4 is 10.6 Å². The molecule has 1 aromatic heterocycles. The standard InChI is InChI=1S/C11H16N4O3/c1-15(2)11(18)14-7-6-13-10(17)9-8(16)4-3-5-12-9/h3-5,16H,6-7H2,1-2H3,(H,13,17)(H,14,18). The van der Waals surface area contributed by atoms with Crippen molar-refractivity contribution in [3.63, 3.8) is 0 Å². The van der Waals surface area contributed by atoms with Gasteiger partial charge in [-0.05, 0) is 12.1 Å². The molecule has 18 heavy (non-hydrogen) atoms. The van der Waals surface area contributed by atoms with Gasteiger partial charge in [-0.3, -0.25) is 4.79 Å². The van der Waals surface area contributed by atoms with Gasteiger partial charge in [0.2, 0.25) is 0 Å². The monoisotopic (exact) mass is 252 g/mol. The molecule has 0 bridgehead atoms. The number of pyridine rings is 1. The maximum Gasteiger partial charge on any atom is 0.316 e. The molecule has 3 amide bonds. The van der Waals surface area contributed by atoms with Crippen LogP contribution in [0.25, 0.3) is 0 Å². The molecule has 0 aliphatic carbocycles. The van der Waals surface area contributed by atoms with Crippen LogP contribution in [0.2, 0.25) is 0 Å². The predicted octanol–water partition coefficient (Wildman–Crippen LogP) is -0.212. The number of aromatic nitrogens is 1. The Hall–Kier alpha value is -2.31. The Balaban J connectivity index is 2.35. The molecule has 0 aromatic carbocycles. The smallest absolute Gasteiger partial charge is 0.316 e. The zero-order chi connectivity index (χ0) is 13.5. The number of amides is 3. The lowest BCUT2D eigenvalue weighted by molar-refractivity contribution is 0.0945. The van der Waals surface area contributed by atoms with Crippen LogP contribution >= 0.6 is 0 Å². The highest BCUT2D eigenvalue weighted by molar-refractivity contribution is 5.94. The summed E-state index contributed by atoms with van der Waals surface area (Å²) in [6, 6.07) is 2.68. The molecule has 1 rings (SSSR count). The van der Waals surface area contributed by atoms with Crippen LogP contribution in [0.5, 0.6) is 5.75 Å². The van der Waals surface area contributed by atoms with E-state index < -0.39 is 5.91 Å². The SMILES string of the molecule is CN(C)C(=O)NCCNC(=O)c1ncccc1O. The Morgan fingerprint density at radius 1 is 1.33 bits per heavy atom. The van der Waals surface area contributed by atoms with E-state index in [1.54, 1.807) is 14.1 Å². The molecule has 3 N–H and O–H groups in total. The molecule has 0 saturated heterocycles. The molecule has 0 atom stereocenters. The molecule has 0 fully saturated rings. The van der Waals surface area contributed by atoms with Crippen LogP contribution in [0, 0.1) is 0 Å². The van der Waals surface area contributed by atoms with Crippen molar-refractivity contribution in [3.05, 3.63) is 24.0 Å². The van der Waals surface area contributed by atoms with E-state index in [0.29, 0.717) is 6.54 Å². The van der Waals surface area contributed by atoms with Crippen LogP contribution in [0.1, 0.15) is 10.5 Å². The van der Waals surface area contributed by atoms with Gasteiger partial charge in [0.1, 0.15) is 5.75 Å². The fraction of sp³-hybridized carbons (Fsp3) is 0.364. The maximum absolute atomic E-state index is 11.6. The molecule has 0 aliphatic rings. The second-order valence-electron chi connectivity index (χ2n) is 3.75. The van der Waals surface area contributed by atoms with E-state index in [9.17, 15) is 14.7 Å². The van der Waals surface area contributed by atoms with Crippen molar-refractivity contribution < 1.29 is 14.7 Å². The summed E-state index contributed by atoms with van der Waals surface area (Å²) in [5.74, 6) is -0.653. The first-order valence-electron chi connectivity index (χ1n) is 5.39. The largest absolute Gasteiger partial charge is 0.505 e. The lowest BCUT2D eigenvalue weighted by Crippen LogP contribution is -2.39. The third kappa shape index (κ3) is 3.93. The van der Waals surface area contributed by atoms with Gasteiger partial charge in [0.25, 0.3) is 5.91 Å². The average Bonchev–Trinajstić information content (AvgIpc) is 2.34. The summed E-state index contributed by atoms with van der Waals surface area (Å²) in [5, 5.41) is 14.5. The van der Waals surface area contributed by atoms with Crippen molar-refractivity contribution in [2.45, 2.75) is 0 Å². The van der Waals surface area contributed by atoms with E-state index >= 15 is 0 Å². The maximum atomic E-state index is 11.6. The first kappa shape index (κ1) is 13.8. The lowest BCUT2D eigenvalue weighted by atomic mass is 10.3. The summed E-state index contributed by atoms with van der Waals surface area (Å²) in [6.45, 7) is 0.560. The number of nitrogens with zero attached hydrogens (tertiary/aromatic N) is 2. The van der Waals surface area contributed by atoms with Gasteiger partial charge in [0.15, 0.2) is 5.69 Å². The molecule has 7 heteroatoms. The van der Waals surface area contributed by atoms with Crippen molar-refractivity contribution in [3.8, 4) is 5.75 Å². The van der Waals surface area contributed by atoms with Crippen molar-refractivity contribution in [2.75, 3.05) is 27.2 Å². The number of hydrogen-bond donors (Lipinski definition) is 3. The highest BCUT2D eigenvalue weighted by Gasteiger charge is 2.11. The molecule has 0 aliphatic heterocycles. The molecular weight excluding hydrogens is 236 g/mol. The van der Waals surface area contributed by atoms with Crippen LogP contribution in [0.4, 0.5) is 4.79 Å². The average molecular weight is 252 g/mol. The van der Waals surface area contributed by atoms with Crippen LogP contribution in [-0.4, -0.2) is 54.1 Å². The zero-order valence-electron chi connectivity index (χ0n) is 10.3. The Bertz CT molecular complexity index is 434. The molecule has 0 saturated carbocycles. The second kappa shape index (κ2) is 6.43. The molecule has 7 nitrogen and oxygen atoms in total. The van der Waals surface area contributed by atoms with Gasteiger partial charge in [-0.25, -0.2) is 9.78 Å². The van der Waals surface area contributed by atoms with Gasteiger partial charge in [0, 0.05) is 33.4 Å². The van der Waals surface area contributed by atoms with Gasteiger partial charge in [0.05, 0.1) is 0 Å². The van der Waals surface area contributed by atoms with E-state index in [4.69, 9.17) is 0 Å². The summed E-state index contributed by atoms with van der Waals surface area (Å²) < 4.78 is 0. The number of hydrogen-bond acceptors (Lipinski definition) is 4. The van der Waals surface area contributed by atoms with Crippen molar-refractivity contribution in [1.29, 1.82) is 0 Å². The van der Waals surface area contributed by atoms with Gasteiger partial charge >= 0.3 is 6.03 Å². The fourth-order valence-electron chi connectivity index (χ4n) is 1.16. The van der Waals surface area contributed by atoms with Gasteiger partial charge in [-0.2, -0.15) is 0 Å². The van der Waals surface area contributed by atoms with E-state index in [-0.39, 0.29) is 24.0 Å². The Labute approximate surface area is 105 Å². The summed E-state index contributed by atoms with van der Waals surface area (Å²) >= 11 is 0. The van der Waals surface area contributed by atoms with E-state index in [2.05, 4.69) is 15.6 Å². The lowest BCUT2D eigenvalue weighted by Gasteiger charge is -2.12. The second-order valence-corrected chi connectivity index (χ2v) is 3.75. The number of rotatable bonds is 4. The third-order valence-corrected chi connectivity index (χ3v) is 2.09. The molecule has 98 valence electrons. The first-order chi connectivity index (χ1) is 8.52. The van der Waals surface area contributed by atoms with Crippen molar-refractivity contribution >= 4 is 11.9 Å². The molecular formula is C11H16N4O3. The summed E-state index contributed by atoms with van der Waals surface area (Å²) in [6.07, 6.45) is 1.42. The zero-order valence-corrected chi connectivity index (χ0v) is 10.3. The van der Waals surface area contributed by atoms with Crippen LogP contribution in [0.15, 0.2) is 18.3 Å². The van der Waals surface area contributed by atoms with Gasteiger partial charge < -0.3 is 20.6 Å². The fourth-order valence-corrected chi connectivity index (χ4v) is 1.16. The minimum Gasteiger partial charge on any atom is -0.505 e. The molecule has 1 aromatic rings.